The number of carbonyl (C=O) groups is 1. The summed E-state index contributed by atoms with van der Waals surface area (Å²) in [5.41, 5.74) is 0. The van der Waals surface area contributed by atoms with Gasteiger partial charge < -0.3 is 13.8 Å². The van der Waals surface area contributed by atoms with Crippen LogP contribution >= 0.6 is 0 Å². The Labute approximate surface area is 178 Å². The molecule has 1 N–H and O–H groups in total. The van der Waals surface area contributed by atoms with Crippen molar-refractivity contribution in [1.82, 2.24) is 4.98 Å². The monoisotopic (exact) mass is 447 g/mol. The zero-order valence-electron chi connectivity index (χ0n) is 21.5. The normalized spacial score (nSPS) is 16.1. The van der Waals surface area contributed by atoms with Gasteiger partial charge in [0.2, 0.25) is 0 Å². The molecule has 168 valence electrons. The van der Waals surface area contributed by atoms with Crippen molar-refractivity contribution < 1.29 is 13.6 Å². The van der Waals surface area contributed by atoms with Gasteiger partial charge >= 0.3 is 5.97 Å². The number of hydrogen-bond donors (Lipinski definition) is 1. The van der Waals surface area contributed by atoms with Gasteiger partial charge in [0.25, 0.3) is 8.32 Å². The third-order valence-electron chi connectivity index (χ3n) is 7.27. The molecule has 1 atom stereocenters. The zero-order chi connectivity index (χ0) is 23.0. The summed E-state index contributed by atoms with van der Waals surface area (Å²) in [5, 5.41) is 0.224. The second-order valence-electron chi connectivity index (χ2n) is 12.8. The fourth-order valence-corrected chi connectivity index (χ4v) is 5.28. The van der Waals surface area contributed by atoms with Gasteiger partial charge in [-0.2, -0.15) is 0 Å². The summed E-state index contributed by atoms with van der Waals surface area (Å²) >= 11 is 0. The lowest BCUT2D eigenvalue weighted by Crippen LogP contribution is -2.62. The van der Waals surface area contributed by atoms with Crippen molar-refractivity contribution in [2.24, 2.45) is 0 Å². The topological polar surface area (TPSA) is 47.6 Å². The molecule has 0 bridgehead atoms. The van der Waals surface area contributed by atoms with E-state index in [-0.39, 0.29) is 21.1 Å². The van der Waals surface area contributed by atoms with Crippen LogP contribution < -0.4 is 4.98 Å². The Hall–Kier alpha value is 0.0406. The summed E-state index contributed by atoms with van der Waals surface area (Å²) < 4.78 is 12.6. The molecule has 0 aliphatic heterocycles. The Morgan fingerprint density at radius 3 is 1.46 bits per heavy atom. The molecule has 0 aliphatic carbocycles. The predicted molar refractivity (Wildman–Crippen MR) is 131 cm³/mol. The number of carbonyl (C=O) groups excluding carboxylic acids is 1. The molecule has 4 nitrogen and oxygen atoms in total. The maximum atomic E-state index is 13.3. The minimum absolute atomic E-state index is 0.00945. The van der Waals surface area contributed by atoms with Gasteiger partial charge in [-0.15, -0.1) is 0 Å². The Morgan fingerprint density at radius 2 is 1.14 bits per heavy atom. The predicted octanol–water partition coefficient (Wildman–Crippen LogP) is 6.52. The van der Waals surface area contributed by atoms with E-state index in [9.17, 15) is 4.79 Å². The Bertz CT molecular complexity index is 539. The third kappa shape index (κ3) is 7.38. The molecule has 28 heavy (non-hydrogen) atoms. The molecule has 0 aromatic rings. The highest BCUT2D eigenvalue weighted by atomic mass is 28.4. The fourth-order valence-electron chi connectivity index (χ4n) is 1.80. The molecule has 0 rings (SSSR count). The van der Waals surface area contributed by atoms with Crippen molar-refractivity contribution in [3.63, 3.8) is 0 Å². The molecule has 0 heterocycles. The van der Waals surface area contributed by atoms with Gasteiger partial charge in [-0.3, -0.25) is 4.79 Å². The molecular formula is C21H49NO3Si3. The summed E-state index contributed by atoms with van der Waals surface area (Å²) in [6, 6.07) is -0.413. The smallest absolute Gasteiger partial charge is 0.311 e. The van der Waals surface area contributed by atoms with Gasteiger partial charge in [-0.05, 0) is 41.3 Å². The van der Waals surface area contributed by atoms with Gasteiger partial charge in [0.1, 0.15) is 14.3 Å². The van der Waals surface area contributed by atoms with Gasteiger partial charge in [-0.1, -0.05) is 75.4 Å². The summed E-state index contributed by atoms with van der Waals surface area (Å²) in [4.78, 5) is 17.0. The second-order valence-corrected chi connectivity index (χ2v) is 27.4. The van der Waals surface area contributed by atoms with Gasteiger partial charge in [-0.25, -0.2) is 0 Å². The molecule has 0 aromatic heterocycles. The first kappa shape index (κ1) is 28.0. The molecular weight excluding hydrogens is 398 g/mol. The van der Waals surface area contributed by atoms with Crippen LogP contribution in [-0.4, -0.2) is 43.5 Å². The van der Waals surface area contributed by atoms with E-state index in [0.29, 0.717) is 6.61 Å². The maximum Gasteiger partial charge on any atom is 0.311 e. The first-order valence-corrected chi connectivity index (χ1v) is 19.4. The van der Waals surface area contributed by atoms with Crippen molar-refractivity contribution in [3.8, 4) is 0 Å². The van der Waals surface area contributed by atoms with E-state index in [1.54, 1.807) is 0 Å². The first-order valence-electron chi connectivity index (χ1n) is 10.6. The summed E-state index contributed by atoms with van der Waals surface area (Å²) in [7, 11) is -6.03. The Balaban J connectivity index is 5.66. The van der Waals surface area contributed by atoms with Gasteiger partial charge in [0.15, 0.2) is 8.32 Å². The average molecular weight is 448 g/mol. The van der Waals surface area contributed by atoms with Crippen LogP contribution in [0, 0.1) is 0 Å². The molecule has 0 unspecified atom stereocenters. The third-order valence-corrected chi connectivity index (χ3v) is 20.9. The number of hydrogen-bond acceptors (Lipinski definition) is 4. The van der Waals surface area contributed by atoms with E-state index >= 15 is 0 Å². The minimum atomic E-state index is -2.18. The molecule has 0 fully saturated rings. The van der Waals surface area contributed by atoms with E-state index < -0.39 is 30.9 Å². The quantitative estimate of drug-likeness (QED) is 0.451. The highest BCUT2D eigenvalue weighted by Gasteiger charge is 2.45. The van der Waals surface area contributed by atoms with Gasteiger partial charge in [0.05, 0.1) is 6.61 Å². The fraction of sp³-hybridized carbons (Fsp3) is 0.952. The van der Waals surface area contributed by atoms with Crippen LogP contribution in [0.3, 0.4) is 0 Å². The SMILES string of the molecule is CC(C)(C)[Si](C)(C)N[C@@H](CO[Si](C)(C)C(C)(C)C)C(=O)O[Si](C)(C)C(C)(C)C. The Kier molecular flexibility index (Phi) is 8.66. The summed E-state index contributed by atoms with van der Waals surface area (Å²) in [5.74, 6) is -0.143. The highest BCUT2D eigenvalue weighted by Crippen LogP contribution is 2.39. The van der Waals surface area contributed by atoms with E-state index in [4.69, 9.17) is 8.85 Å². The van der Waals surface area contributed by atoms with E-state index in [2.05, 4.69) is 107 Å². The largest absolute Gasteiger partial charge is 0.518 e. The van der Waals surface area contributed by atoms with Crippen LogP contribution in [0.15, 0.2) is 0 Å². The maximum absolute atomic E-state index is 13.3. The van der Waals surface area contributed by atoms with E-state index in [1.807, 2.05) is 0 Å². The molecule has 7 heteroatoms. The zero-order valence-corrected chi connectivity index (χ0v) is 24.5. The molecule has 0 aliphatic rings. The minimum Gasteiger partial charge on any atom is -0.518 e. The van der Waals surface area contributed by atoms with Gasteiger partial charge in [0, 0.05) is 0 Å². The lowest BCUT2D eigenvalue weighted by atomic mass is 10.2. The molecule has 0 aromatic carbocycles. The average Bonchev–Trinajstić information content (AvgIpc) is 2.38. The Morgan fingerprint density at radius 1 is 0.750 bits per heavy atom. The van der Waals surface area contributed by atoms with Crippen LogP contribution in [0.1, 0.15) is 62.3 Å². The number of nitrogens with one attached hydrogen (secondary N) is 1. The van der Waals surface area contributed by atoms with E-state index in [0.717, 1.165) is 0 Å². The summed E-state index contributed by atoms with van der Waals surface area (Å²) in [6.07, 6.45) is 0. The van der Waals surface area contributed by atoms with Crippen molar-refractivity contribution >= 4 is 30.8 Å². The molecule has 0 amide bonds. The standard InChI is InChI=1S/C21H49NO3Si3/c1-19(2,3)26(10,11)22-17(16-24-27(12,13)20(4,5)6)18(23)25-28(14,15)21(7,8)9/h17,22H,16H2,1-15H3/t17-/m0/s1. The van der Waals surface area contributed by atoms with E-state index in [1.165, 1.54) is 0 Å². The first-order chi connectivity index (χ1) is 11.9. The van der Waals surface area contributed by atoms with Crippen LogP contribution in [0.5, 0.6) is 0 Å². The van der Waals surface area contributed by atoms with Crippen molar-refractivity contribution in [1.29, 1.82) is 0 Å². The van der Waals surface area contributed by atoms with Crippen LogP contribution in [0.2, 0.25) is 54.4 Å². The number of rotatable bonds is 7. The second kappa shape index (κ2) is 8.65. The molecule has 0 radical (unpaired) electrons. The van der Waals surface area contributed by atoms with Crippen molar-refractivity contribution in [3.05, 3.63) is 0 Å². The molecule has 0 saturated heterocycles. The van der Waals surface area contributed by atoms with Crippen molar-refractivity contribution in [2.75, 3.05) is 6.61 Å². The van der Waals surface area contributed by atoms with Crippen LogP contribution in [0.4, 0.5) is 0 Å². The lowest BCUT2D eigenvalue weighted by molar-refractivity contribution is -0.138. The highest BCUT2D eigenvalue weighted by molar-refractivity contribution is 6.78. The van der Waals surface area contributed by atoms with Crippen LogP contribution in [-0.2, 0) is 13.6 Å². The van der Waals surface area contributed by atoms with Crippen LogP contribution in [0.25, 0.3) is 0 Å². The molecule has 0 spiro atoms. The van der Waals surface area contributed by atoms with Crippen molar-refractivity contribution in [2.45, 2.75) is 123 Å². The lowest BCUT2D eigenvalue weighted by Gasteiger charge is -2.43. The summed E-state index contributed by atoms with van der Waals surface area (Å²) in [6.45, 7) is 33.6. The molecule has 0 saturated carbocycles.